The lowest BCUT2D eigenvalue weighted by Crippen LogP contribution is -2.62. The maximum Gasteiger partial charge on any atom is 0.326 e. The Labute approximate surface area is 159 Å². The molecule has 0 aromatic carbocycles. The third-order valence-corrected chi connectivity index (χ3v) is 4.57. The van der Waals surface area contributed by atoms with Gasteiger partial charge in [0, 0.05) is 0 Å². The van der Waals surface area contributed by atoms with Gasteiger partial charge in [-0.05, 0) is 48.5 Å². The smallest absolute Gasteiger partial charge is 0.326 e. The van der Waals surface area contributed by atoms with Gasteiger partial charge in [0.05, 0.1) is 0 Å². The molecule has 7 atom stereocenters. The molecule has 0 aromatic heterocycles. The van der Waals surface area contributed by atoms with Gasteiger partial charge in [-0.25, -0.2) is 0 Å². The minimum absolute atomic E-state index is 0.520. The third-order valence-electron chi connectivity index (χ3n) is 4.57. The Morgan fingerprint density at radius 2 is 1.52 bits per heavy atom. The second kappa shape index (κ2) is 6.62. The van der Waals surface area contributed by atoms with Crippen LogP contribution in [0.5, 0.6) is 0 Å². The summed E-state index contributed by atoms with van der Waals surface area (Å²) in [4.78, 5) is 12.3. The van der Waals surface area contributed by atoms with Gasteiger partial charge in [-0.2, -0.15) is 0 Å². The van der Waals surface area contributed by atoms with Crippen LogP contribution in [0.25, 0.3) is 0 Å². The second-order valence-corrected chi connectivity index (χ2v) is 9.18. The number of aliphatic hydroxyl groups is 1. The summed E-state index contributed by atoms with van der Waals surface area (Å²) in [5.41, 5.74) is 5.24. The van der Waals surface area contributed by atoms with Crippen LogP contribution in [0.3, 0.4) is 0 Å². The van der Waals surface area contributed by atoms with Crippen molar-refractivity contribution in [2.24, 2.45) is 5.73 Å². The van der Waals surface area contributed by atoms with Crippen LogP contribution in [-0.2, 0) is 33.2 Å². The van der Waals surface area contributed by atoms with Crippen LogP contribution >= 0.6 is 0 Å². The van der Waals surface area contributed by atoms with Crippen molar-refractivity contribution in [2.45, 2.75) is 108 Å². The maximum absolute atomic E-state index is 12.3. The molecule has 2 unspecified atom stereocenters. The molecule has 0 bridgehead atoms. The van der Waals surface area contributed by atoms with Crippen molar-refractivity contribution in [3.63, 3.8) is 0 Å². The number of aliphatic hydroxyl groups excluding tert-OH is 1. The van der Waals surface area contributed by atoms with Crippen LogP contribution in [0.4, 0.5) is 0 Å². The molecule has 3 saturated heterocycles. The molecule has 0 amide bonds. The van der Waals surface area contributed by atoms with E-state index < -0.39 is 66.0 Å². The fourth-order valence-electron chi connectivity index (χ4n) is 3.63. The minimum Gasteiger partial charge on any atom is -0.459 e. The molecule has 0 aliphatic carbocycles. The summed E-state index contributed by atoms with van der Waals surface area (Å²) < 4.78 is 34.8. The lowest BCUT2D eigenvalue weighted by Gasteiger charge is -2.40. The topological polar surface area (TPSA) is 119 Å². The van der Waals surface area contributed by atoms with E-state index in [1.165, 1.54) is 0 Å². The van der Waals surface area contributed by atoms with E-state index in [1.807, 2.05) is 0 Å². The van der Waals surface area contributed by atoms with Crippen molar-refractivity contribution in [3.8, 4) is 0 Å². The van der Waals surface area contributed by atoms with Crippen molar-refractivity contribution < 1.29 is 38.3 Å². The first-order chi connectivity index (χ1) is 12.2. The van der Waals surface area contributed by atoms with Gasteiger partial charge in [-0.15, -0.1) is 0 Å². The van der Waals surface area contributed by atoms with E-state index in [9.17, 15) is 9.90 Å². The number of fused-ring (bicyclic) bond motifs is 3. The molecule has 9 nitrogen and oxygen atoms in total. The van der Waals surface area contributed by atoms with Crippen molar-refractivity contribution in [2.75, 3.05) is 0 Å². The molecular weight excluding hydrogens is 358 g/mol. The van der Waals surface area contributed by atoms with Gasteiger partial charge in [-0.3, -0.25) is 4.79 Å². The molecule has 0 spiro atoms. The van der Waals surface area contributed by atoms with Crippen molar-refractivity contribution >= 4 is 5.97 Å². The molecule has 3 fully saturated rings. The van der Waals surface area contributed by atoms with E-state index in [0.29, 0.717) is 0 Å². The van der Waals surface area contributed by atoms with Crippen LogP contribution in [0.15, 0.2) is 0 Å². The Morgan fingerprint density at radius 3 is 2.11 bits per heavy atom. The molecule has 27 heavy (non-hydrogen) atoms. The van der Waals surface area contributed by atoms with Crippen LogP contribution in [0.2, 0.25) is 0 Å². The Bertz CT molecular complexity index is 586. The van der Waals surface area contributed by atoms with E-state index in [0.717, 1.165) is 0 Å². The average molecular weight is 389 g/mol. The Hall–Kier alpha value is -0.810. The number of carbonyl (C=O) groups excluding carboxylic acids is 1. The summed E-state index contributed by atoms with van der Waals surface area (Å²) in [5, 5.41) is 10.8. The SMILES string of the molecule is CC(C)(C)OC(=O)C(N)C(O)[C@H]1O[C@@H]2OC(C)(C)O[C@@H]2[C@H]2OC(C)(C)O[C@H]21. The largest absolute Gasteiger partial charge is 0.459 e. The van der Waals surface area contributed by atoms with Gasteiger partial charge >= 0.3 is 5.97 Å². The van der Waals surface area contributed by atoms with Crippen molar-refractivity contribution in [1.82, 2.24) is 0 Å². The summed E-state index contributed by atoms with van der Waals surface area (Å²) in [7, 11) is 0. The zero-order valence-corrected chi connectivity index (χ0v) is 16.9. The molecule has 3 aliphatic heterocycles. The molecule has 156 valence electrons. The number of rotatable bonds is 3. The van der Waals surface area contributed by atoms with Gasteiger partial charge in [0.2, 0.25) is 0 Å². The first kappa shape index (κ1) is 20.9. The molecule has 0 saturated carbocycles. The maximum atomic E-state index is 12.3. The zero-order valence-electron chi connectivity index (χ0n) is 16.9. The first-order valence-electron chi connectivity index (χ1n) is 9.22. The van der Waals surface area contributed by atoms with Gasteiger partial charge in [0.25, 0.3) is 0 Å². The normalized spacial score (nSPS) is 39.4. The lowest BCUT2D eigenvalue weighted by atomic mass is 9.92. The molecule has 3 N–H and O–H groups in total. The Kier molecular flexibility index (Phi) is 5.13. The molecule has 0 aromatic rings. The Balaban J connectivity index is 1.81. The highest BCUT2D eigenvalue weighted by Crippen LogP contribution is 2.44. The summed E-state index contributed by atoms with van der Waals surface area (Å²) in [6, 6.07) is -1.31. The quantitative estimate of drug-likeness (QED) is 0.662. The first-order valence-corrected chi connectivity index (χ1v) is 9.22. The monoisotopic (exact) mass is 389 g/mol. The standard InChI is InChI=1S/C18H31NO8/c1-16(2,3)26-14(21)8(19)9(20)10-11-12(24-17(4,5)23-11)13-15(22-10)27-18(6,7)25-13/h8-13,15,20H,19H2,1-7H3/t8?,9?,10-,11+,12+,13-,15-/m1/s1. The van der Waals surface area contributed by atoms with Gasteiger partial charge in [0.15, 0.2) is 17.9 Å². The summed E-state index contributed by atoms with van der Waals surface area (Å²) in [5.74, 6) is -2.50. The van der Waals surface area contributed by atoms with Gasteiger partial charge < -0.3 is 39.3 Å². The molecule has 9 heteroatoms. The van der Waals surface area contributed by atoms with Crippen LogP contribution in [0.1, 0.15) is 48.5 Å². The van der Waals surface area contributed by atoms with E-state index in [-0.39, 0.29) is 0 Å². The van der Waals surface area contributed by atoms with E-state index >= 15 is 0 Å². The van der Waals surface area contributed by atoms with E-state index in [2.05, 4.69) is 0 Å². The molecule has 3 rings (SSSR count). The van der Waals surface area contributed by atoms with Gasteiger partial charge in [-0.1, -0.05) is 0 Å². The van der Waals surface area contributed by atoms with E-state index in [4.69, 9.17) is 34.2 Å². The average Bonchev–Trinajstić information content (AvgIpc) is 2.97. The second-order valence-electron chi connectivity index (χ2n) is 9.18. The summed E-state index contributed by atoms with van der Waals surface area (Å²) in [6.07, 6.45) is -4.83. The summed E-state index contributed by atoms with van der Waals surface area (Å²) >= 11 is 0. The fraction of sp³-hybridized carbons (Fsp3) is 0.944. The number of carbonyl (C=O) groups is 1. The van der Waals surface area contributed by atoms with Crippen molar-refractivity contribution in [1.29, 1.82) is 0 Å². The zero-order chi connectivity index (χ0) is 20.4. The van der Waals surface area contributed by atoms with Crippen LogP contribution in [0, 0.1) is 0 Å². The molecule has 3 aliphatic rings. The predicted octanol–water partition coefficient (Wildman–Crippen LogP) is 0.413. The number of nitrogens with two attached hydrogens (primary N) is 1. The van der Waals surface area contributed by atoms with Crippen molar-refractivity contribution in [3.05, 3.63) is 0 Å². The van der Waals surface area contributed by atoms with Crippen LogP contribution in [-0.4, -0.2) is 71.1 Å². The lowest BCUT2D eigenvalue weighted by molar-refractivity contribution is -0.255. The Morgan fingerprint density at radius 1 is 1.00 bits per heavy atom. The highest BCUT2D eigenvalue weighted by molar-refractivity contribution is 5.76. The number of ether oxygens (including phenoxy) is 6. The number of hydrogen-bond donors (Lipinski definition) is 2. The highest BCUT2D eigenvalue weighted by Gasteiger charge is 2.62. The van der Waals surface area contributed by atoms with Crippen LogP contribution < -0.4 is 5.73 Å². The highest BCUT2D eigenvalue weighted by atomic mass is 16.9. The molecule has 3 heterocycles. The third kappa shape index (κ3) is 4.29. The summed E-state index contributed by atoms with van der Waals surface area (Å²) in [6.45, 7) is 12.2. The number of hydrogen-bond acceptors (Lipinski definition) is 9. The van der Waals surface area contributed by atoms with Gasteiger partial charge in [0.1, 0.15) is 42.2 Å². The molecular formula is C18H31NO8. The number of esters is 1. The molecule has 0 radical (unpaired) electrons. The predicted molar refractivity (Wildman–Crippen MR) is 92.4 cm³/mol. The minimum atomic E-state index is -1.38. The fourth-order valence-corrected chi connectivity index (χ4v) is 3.63. The van der Waals surface area contributed by atoms with E-state index in [1.54, 1.807) is 48.5 Å².